The molecule has 0 fully saturated rings. The minimum Gasteiger partial charge on any atom is -0.370 e. The Balaban J connectivity index is 1.82. The van der Waals surface area contributed by atoms with Gasteiger partial charge in [-0.25, -0.2) is 0 Å². The molecule has 366 valence electrons. The summed E-state index contributed by atoms with van der Waals surface area (Å²) < 4.78 is 0. The minimum absolute atomic E-state index is 0.00177. The Morgan fingerprint density at radius 2 is 1.09 bits per heavy atom. The summed E-state index contributed by atoms with van der Waals surface area (Å²) in [6.45, 7) is 6.51. The van der Waals surface area contributed by atoms with Crippen LogP contribution in [0.3, 0.4) is 0 Å². The van der Waals surface area contributed by atoms with Crippen molar-refractivity contribution in [2.45, 2.75) is 134 Å². The number of guanidine groups is 1. The number of aromatic amines is 1. The highest BCUT2D eigenvalue weighted by atomic mass is 16.2. The molecule has 1 aromatic heterocycles. The van der Waals surface area contributed by atoms with Crippen molar-refractivity contribution in [3.63, 3.8) is 0 Å². The number of carbonyl (C=O) groups excluding carboxylic acids is 8. The molecule has 2 aromatic carbocycles. The standard InChI is InChI=1S/C46H69N13O8/c1-5-6-18-34(55-29(4)60)42(64)53-27(2)40(62)56-35(20-12-13-22-47)44(66)59-38(24-30-15-8-7-9-16-30)45(67)57-36(21-14-23-51-46(49)50)43(65)54-28(3)41(63)58-37(39(48)61)25-31-26-52-33-19-11-10-17-32(31)33/h7-11,15-17,19,26-28,34-38,52H,5-6,12-14,18,20-25,47H2,1-4H3,(H2,48,61)(H,53,64)(H,54,65)(H,55,60)(H,56,62)(H,57,67)(H,58,63)(H,59,66)(H4,49,50,51)/t27-,28-,34-,35-,36-,37-,38+/m0/s1. The maximum Gasteiger partial charge on any atom is 0.243 e. The Bertz CT molecular complexity index is 2160. The van der Waals surface area contributed by atoms with Crippen molar-refractivity contribution in [3.8, 4) is 0 Å². The molecular formula is C46H69N13O8. The van der Waals surface area contributed by atoms with E-state index in [1.165, 1.54) is 20.8 Å². The van der Waals surface area contributed by atoms with Crippen molar-refractivity contribution in [1.82, 2.24) is 42.2 Å². The van der Waals surface area contributed by atoms with E-state index in [0.29, 0.717) is 37.8 Å². The van der Waals surface area contributed by atoms with Crippen LogP contribution in [0.4, 0.5) is 0 Å². The van der Waals surface area contributed by atoms with Gasteiger partial charge in [-0.05, 0) is 76.1 Å². The van der Waals surface area contributed by atoms with E-state index in [1.807, 2.05) is 31.2 Å². The highest BCUT2D eigenvalue weighted by molar-refractivity contribution is 5.97. The van der Waals surface area contributed by atoms with Crippen LogP contribution in [0.15, 0.2) is 65.8 Å². The zero-order chi connectivity index (χ0) is 49.5. The largest absolute Gasteiger partial charge is 0.370 e. The van der Waals surface area contributed by atoms with Gasteiger partial charge < -0.3 is 65.1 Å². The number of nitrogens with one attached hydrogen (secondary N) is 8. The quantitative estimate of drug-likeness (QED) is 0.0234. The average molecular weight is 932 g/mol. The number of hydrogen-bond acceptors (Lipinski definition) is 10. The van der Waals surface area contributed by atoms with Crippen LogP contribution in [0.1, 0.15) is 90.2 Å². The zero-order valence-electron chi connectivity index (χ0n) is 38.8. The number of amides is 8. The van der Waals surface area contributed by atoms with E-state index in [2.05, 4.69) is 47.2 Å². The fraction of sp³-hybridized carbons (Fsp3) is 0.500. The Labute approximate surface area is 390 Å². The summed E-state index contributed by atoms with van der Waals surface area (Å²) in [6, 6.07) is 8.22. The van der Waals surface area contributed by atoms with Crippen LogP contribution in [0, 0.1) is 0 Å². The Morgan fingerprint density at radius 1 is 0.582 bits per heavy atom. The molecular weight excluding hydrogens is 863 g/mol. The number of aliphatic imine (C=N–C) groups is 1. The summed E-state index contributed by atoms with van der Waals surface area (Å²) in [5, 5.41) is 19.5. The lowest BCUT2D eigenvalue weighted by Crippen LogP contribution is -2.60. The monoisotopic (exact) mass is 932 g/mol. The summed E-state index contributed by atoms with van der Waals surface area (Å²) in [5.74, 6) is -5.54. The fourth-order valence-electron chi connectivity index (χ4n) is 7.16. The van der Waals surface area contributed by atoms with Crippen molar-refractivity contribution in [2.75, 3.05) is 13.1 Å². The molecule has 8 amide bonds. The van der Waals surface area contributed by atoms with Gasteiger partial charge in [0.15, 0.2) is 5.96 Å². The number of aromatic nitrogens is 1. The second kappa shape index (κ2) is 28.1. The number of H-pyrrole nitrogens is 1. The first-order valence-electron chi connectivity index (χ1n) is 22.7. The van der Waals surface area contributed by atoms with E-state index >= 15 is 0 Å². The molecule has 3 rings (SSSR count). The first-order chi connectivity index (χ1) is 31.9. The zero-order valence-corrected chi connectivity index (χ0v) is 38.8. The van der Waals surface area contributed by atoms with E-state index < -0.39 is 89.6 Å². The highest BCUT2D eigenvalue weighted by Gasteiger charge is 2.33. The maximum atomic E-state index is 14.3. The molecule has 0 bridgehead atoms. The molecule has 21 nitrogen and oxygen atoms in total. The van der Waals surface area contributed by atoms with Gasteiger partial charge in [0.25, 0.3) is 0 Å². The van der Waals surface area contributed by atoms with Crippen LogP contribution in [0.2, 0.25) is 0 Å². The van der Waals surface area contributed by atoms with Crippen LogP contribution in [0.25, 0.3) is 10.9 Å². The Hall–Kier alpha value is -7.03. The minimum atomic E-state index is -1.28. The highest BCUT2D eigenvalue weighted by Crippen LogP contribution is 2.19. The number of nitrogens with zero attached hydrogens (tertiary/aromatic N) is 1. The molecule has 0 saturated heterocycles. The molecule has 0 aliphatic heterocycles. The molecule has 0 saturated carbocycles. The van der Waals surface area contributed by atoms with Gasteiger partial charge in [-0.1, -0.05) is 68.3 Å². The van der Waals surface area contributed by atoms with Crippen molar-refractivity contribution < 1.29 is 38.4 Å². The van der Waals surface area contributed by atoms with Crippen LogP contribution in [-0.2, 0) is 51.2 Å². The smallest absolute Gasteiger partial charge is 0.243 e. The predicted octanol–water partition coefficient (Wildman–Crippen LogP) is -0.736. The van der Waals surface area contributed by atoms with Crippen molar-refractivity contribution >= 4 is 64.1 Å². The molecule has 67 heavy (non-hydrogen) atoms. The summed E-state index contributed by atoms with van der Waals surface area (Å²) in [5.41, 5.74) is 24.7. The molecule has 0 radical (unpaired) electrons. The van der Waals surface area contributed by atoms with Gasteiger partial charge in [0, 0.05) is 43.4 Å². The summed E-state index contributed by atoms with van der Waals surface area (Å²) in [7, 11) is 0. The molecule has 21 heteroatoms. The molecule has 0 unspecified atom stereocenters. The molecule has 1 heterocycles. The van der Waals surface area contributed by atoms with Gasteiger partial charge in [-0.3, -0.25) is 43.3 Å². The third-order valence-electron chi connectivity index (χ3n) is 10.9. The van der Waals surface area contributed by atoms with E-state index in [-0.39, 0.29) is 44.6 Å². The van der Waals surface area contributed by atoms with Gasteiger partial charge in [-0.15, -0.1) is 0 Å². The molecule has 0 aliphatic carbocycles. The number of para-hydroxylation sites is 1. The summed E-state index contributed by atoms with van der Waals surface area (Å²) in [4.78, 5) is 114. The topological polar surface area (TPSA) is 353 Å². The van der Waals surface area contributed by atoms with Crippen LogP contribution >= 0.6 is 0 Å². The Kier molecular flexibility index (Phi) is 22.8. The SMILES string of the molecule is CCCC[C@H](NC(C)=O)C(=O)N[C@@H](C)C(=O)N[C@@H](CCCCN)C(=O)N[C@H](Cc1ccccc1)C(=O)N[C@@H](CCCN=C(N)N)C(=O)N[C@@H](C)C(=O)N[C@@H](Cc1c[nH]c2ccccc12)C(N)=O. The number of primary amides is 1. The van der Waals surface area contributed by atoms with Crippen molar-refractivity contribution in [1.29, 1.82) is 0 Å². The van der Waals surface area contributed by atoms with Gasteiger partial charge in [0.1, 0.15) is 42.3 Å². The van der Waals surface area contributed by atoms with Crippen molar-refractivity contribution in [2.24, 2.45) is 27.9 Å². The number of rotatable bonds is 29. The number of hydrogen-bond donors (Lipinski definition) is 12. The molecule has 7 atom stereocenters. The van der Waals surface area contributed by atoms with Gasteiger partial charge in [0.2, 0.25) is 47.3 Å². The van der Waals surface area contributed by atoms with Gasteiger partial charge in [0.05, 0.1) is 0 Å². The average Bonchev–Trinajstić information content (AvgIpc) is 3.70. The third-order valence-corrected chi connectivity index (χ3v) is 10.9. The Morgan fingerprint density at radius 3 is 1.67 bits per heavy atom. The van der Waals surface area contributed by atoms with Crippen LogP contribution in [0.5, 0.6) is 0 Å². The predicted molar refractivity (Wildman–Crippen MR) is 254 cm³/mol. The first-order valence-corrected chi connectivity index (χ1v) is 22.7. The molecule has 3 aromatic rings. The molecule has 16 N–H and O–H groups in total. The first kappa shape index (κ1) is 54.3. The second-order valence-electron chi connectivity index (χ2n) is 16.5. The van der Waals surface area contributed by atoms with E-state index in [1.54, 1.807) is 36.5 Å². The molecule has 0 spiro atoms. The van der Waals surface area contributed by atoms with Crippen molar-refractivity contribution in [3.05, 3.63) is 71.9 Å². The van der Waals surface area contributed by atoms with Crippen LogP contribution < -0.4 is 60.2 Å². The summed E-state index contributed by atoms with van der Waals surface area (Å²) in [6.07, 6.45) is 4.89. The fourth-order valence-corrected chi connectivity index (χ4v) is 7.16. The van der Waals surface area contributed by atoms with E-state index in [9.17, 15) is 38.4 Å². The summed E-state index contributed by atoms with van der Waals surface area (Å²) >= 11 is 0. The number of nitrogens with two attached hydrogens (primary N) is 4. The van der Waals surface area contributed by atoms with E-state index in [0.717, 1.165) is 22.9 Å². The lowest BCUT2D eigenvalue weighted by molar-refractivity contribution is -0.135. The molecule has 0 aliphatic rings. The van der Waals surface area contributed by atoms with E-state index in [4.69, 9.17) is 22.9 Å². The number of fused-ring (bicyclic) bond motifs is 1. The second-order valence-corrected chi connectivity index (χ2v) is 16.5. The lowest BCUT2D eigenvalue weighted by atomic mass is 10.0. The lowest BCUT2D eigenvalue weighted by Gasteiger charge is -2.27. The number of unbranched alkanes of at least 4 members (excludes halogenated alkanes) is 2. The van der Waals surface area contributed by atoms with Gasteiger partial charge >= 0.3 is 0 Å². The number of carbonyl (C=O) groups is 8. The van der Waals surface area contributed by atoms with Gasteiger partial charge in [-0.2, -0.15) is 0 Å². The normalized spacial score (nSPS) is 14.1. The maximum absolute atomic E-state index is 14.3. The third kappa shape index (κ3) is 18.8. The van der Waals surface area contributed by atoms with Crippen LogP contribution in [-0.4, -0.2) is 114 Å². The number of benzene rings is 2.